The number of aryl methyl sites for hydroxylation is 1. The van der Waals surface area contributed by atoms with Crippen molar-refractivity contribution in [2.75, 3.05) is 43.6 Å². The van der Waals surface area contributed by atoms with Gasteiger partial charge in [0.1, 0.15) is 11.6 Å². The lowest BCUT2D eigenvalue weighted by Gasteiger charge is -2.28. The molecule has 1 aliphatic heterocycles. The van der Waals surface area contributed by atoms with Crippen LogP contribution < -0.4 is 15.4 Å². The van der Waals surface area contributed by atoms with Gasteiger partial charge in [0.15, 0.2) is 5.65 Å². The number of piperidine rings is 1. The average molecular weight is 416 g/mol. The summed E-state index contributed by atoms with van der Waals surface area (Å²) < 4.78 is 6.41. The van der Waals surface area contributed by atoms with Gasteiger partial charge in [0.2, 0.25) is 6.21 Å². The molecule has 0 bridgehead atoms. The molecule has 3 N–H and O–H groups in total. The molecule has 0 atom stereocenters. The Kier molecular flexibility index (Phi) is 9.86. The Hall–Kier alpha value is -2.87. The Morgan fingerprint density at radius 1 is 1.33 bits per heavy atom. The van der Waals surface area contributed by atoms with Gasteiger partial charge in [-0.25, -0.2) is 4.98 Å². The van der Waals surface area contributed by atoms with E-state index >= 15 is 0 Å². The molecule has 0 saturated carbocycles. The number of ether oxygens (including phenoxy) is 1. The van der Waals surface area contributed by atoms with Gasteiger partial charge in [0.05, 0.1) is 6.20 Å². The van der Waals surface area contributed by atoms with E-state index in [4.69, 9.17) is 10.2 Å². The third kappa shape index (κ3) is 6.59. The molecule has 1 fully saturated rings. The lowest BCUT2D eigenvalue weighted by atomic mass is 10.1. The molecular weight excluding hydrogens is 380 g/mol. The number of anilines is 2. The van der Waals surface area contributed by atoms with E-state index in [2.05, 4.69) is 39.6 Å². The first kappa shape index (κ1) is 23.4. The van der Waals surface area contributed by atoms with Crippen LogP contribution in [0.15, 0.2) is 36.6 Å². The lowest BCUT2D eigenvalue weighted by Crippen LogP contribution is -2.63. The molecule has 0 aliphatic carbocycles. The van der Waals surface area contributed by atoms with Gasteiger partial charge in [-0.1, -0.05) is 19.6 Å². The number of nitrogens with zero attached hydrogens (tertiary/aromatic N) is 4. The molecule has 1 aliphatic rings. The van der Waals surface area contributed by atoms with Crippen molar-refractivity contribution in [2.45, 2.75) is 39.5 Å². The molecule has 0 aromatic carbocycles. The van der Waals surface area contributed by atoms with Gasteiger partial charge in [-0.3, -0.25) is 5.21 Å². The zero-order chi connectivity index (χ0) is 21.8. The van der Waals surface area contributed by atoms with Gasteiger partial charge in [-0.05, 0) is 43.3 Å². The number of aromatic nitrogens is 3. The van der Waals surface area contributed by atoms with Crippen LogP contribution in [0.1, 0.15) is 38.7 Å². The van der Waals surface area contributed by atoms with Gasteiger partial charge in [0.25, 0.3) is 0 Å². The van der Waals surface area contributed by atoms with Crippen LogP contribution in [0.5, 0.6) is 0 Å². The van der Waals surface area contributed by atoms with Gasteiger partial charge in [-0.2, -0.15) is 9.61 Å². The van der Waals surface area contributed by atoms with E-state index in [1.807, 2.05) is 28.9 Å². The highest BCUT2D eigenvalue weighted by Gasteiger charge is 2.16. The Bertz CT molecular complexity index is 851. The minimum absolute atomic E-state index is 0.579. The number of allylic oxidation sites excluding steroid dienone is 1. The van der Waals surface area contributed by atoms with Gasteiger partial charge < -0.3 is 15.0 Å². The minimum Gasteiger partial charge on any atom is -0.385 e. The van der Waals surface area contributed by atoms with E-state index in [1.165, 1.54) is 25.5 Å². The van der Waals surface area contributed by atoms with Gasteiger partial charge in [0, 0.05) is 51.1 Å². The molecule has 8 heteroatoms. The first-order valence-electron chi connectivity index (χ1n) is 10.6. The van der Waals surface area contributed by atoms with Crippen molar-refractivity contribution < 1.29 is 15.1 Å². The van der Waals surface area contributed by atoms with Crippen molar-refractivity contribution in [3.63, 3.8) is 0 Å². The Balaban J connectivity index is 0.000000735. The lowest BCUT2D eigenvalue weighted by molar-refractivity contribution is -0.733. The Morgan fingerprint density at radius 2 is 2.07 bits per heavy atom. The minimum atomic E-state index is 0.579. The summed E-state index contributed by atoms with van der Waals surface area (Å²) in [5.74, 6) is 1.92. The molecule has 3 rings (SSSR count). The molecule has 164 valence electrons. The smallest absolute Gasteiger partial charge is 0.212 e. The molecule has 8 nitrogen and oxygen atoms in total. The number of methoxy groups -OCH3 is 1. The summed E-state index contributed by atoms with van der Waals surface area (Å²) in [6, 6.07) is 2.07. The van der Waals surface area contributed by atoms with Crippen LogP contribution in [0, 0.1) is 0 Å². The predicted molar refractivity (Wildman–Crippen MR) is 122 cm³/mol. The summed E-state index contributed by atoms with van der Waals surface area (Å²) >= 11 is 0. The van der Waals surface area contributed by atoms with Crippen molar-refractivity contribution in [2.24, 2.45) is 0 Å². The van der Waals surface area contributed by atoms with Crippen LogP contribution >= 0.6 is 0 Å². The maximum Gasteiger partial charge on any atom is 0.212 e. The molecule has 3 heterocycles. The highest BCUT2D eigenvalue weighted by molar-refractivity contribution is 5.66. The number of hydrogen-bond acceptors (Lipinski definition) is 6. The molecule has 30 heavy (non-hydrogen) atoms. The van der Waals surface area contributed by atoms with Crippen LogP contribution in [0.3, 0.4) is 0 Å². The summed E-state index contributed by atoms with van der Waals surface area (Å²) in [7, 11) is 1.68. The summed E-state index contributed by atoms with van der Waals surface area (Å²) in [6.07, 6.45) is 11.5. The van der Waals surface area contributed by atoms with E-state index in [0.717, 1.165) is 54.5 Å². The maximum atomic E-state index is 8.56. The van der Waals surface area contributed by atoms with E-state index in [-0.39, 0.29) is 0 Å². The zero-order valence-electron chi connectivity index (χ0n) is 18.4. The predicted octanol–water partition coefficient (Wildman–Crippen LogP) is 2.00. The summed E-state index contributed by atoms with van der Waals surface area (Å²) in [5.41, 5.74) is 2.95. The fraction of sp³-hybridized carbons (Fsp3) is 0.500. The van der Waals surface area contributed by atoms with E-state index < -0.39 is 0 Å². The first-order valence-corrected chi connectivity index (χ1v) is 10.6. The molecule has 2 aromatic heterocycles. The van der Waals surface area contributed by atoms with Gasteiger partial charge >= 0.3 is 0 Å². The zero-order valence-corrected chi connectivity index (χ0v) is 18.4. The van der Waals surface area contributed by atoms with Crippen LogP contribution in [0.2, 0.25) is 0 Å². The molecule has 0 spiro atoms. The number of rotatable bonds is 8. The molecule has 2 aromatic rings. The Morgan fingerprint density at radius 3 is 2.70 bits per heavy atom. The number of nitrogens with one attached hydrogen (secondary N) is 2. The highest BCUT2D eigenvalue weighted by Crippen LogP contribution is 2.24. The summed E-state index contributed by atoms with van der Waals surface area (Å²) in [5, 5.41) is 18.5. The van der Waals surface area contributed by atoms with E-state index in [9.17, 15) is 0 Å². The SMILES string of the molecule is C=C(/C=C\C=[NH+]\O)CNc1cc(N2CCCCC2)nc2c(CC)cnn12.CCOC. The molecule has 1 saturated heterocycles. The second-order valence-corrected chi connectivity index (χ2v) is 7.05. The van der Waals surface area contributed by atoms with Crippen molar-refractivity contribution >= 4 is 23.5 Å². The fourth-order valence-electron chi connectivity index (χ4n) is 3.15. The number of hydrogen-bond donors (Lipinski definition) is 3. The molecule has 0 amide bonds. The van der Waals surface area contributed by atoms with Crippen LogP contribution in [-0.2, 0) is 11.2 Å². The van der Waals surface area contributed by atoms with Crippen LogP contribution in [-0.4, -0.2) is 59.4 Å². The fourth-order valence-corrected chi connectivity index (χ4v) is 3.15. The number of fused-ring (bicyclic) bond motifs is 1. The normalized spacial score (nSPS) is 14.3. The standard InChI is InChI=1S/C19H26N6O.C3H8O/c1-3-16-14-21-25-17(20-13-15(2)8-7-9-22-26)12-18(23-19(16)25)24-10-5-4-6-11-24;1-3-4-2/h7-9,12,14,20,26H,2-6,10-11,13H2,1H3;3H2,1-2H3/p+1/b8-7-,22-9+;. The Labute approximate surface area is 178 Å². The molecule has 0 unspecified atom stereocenters. The summed E-state index contributed by atoms with van der Waals surface area (Å²) in [4.78, 5) is 7.25. The van der Waals surface area contributed by atoms with Gasteiger partial charge in [-0.15, -0.1) is 0 Å². The van der Waals surface area contributed by atoms with Crippen molar-refractivity contribution in [1.82, 2.24) is 14.6 Å². The topological polar surface area (TPSA) is 88.9 Å². The largest absolute Gasteiger partial charge is 0.385 e. The van der Waals surface area contributed by atoms with Crippen LogP contribution in [0.25, 0.3) is 5.65 Å². The molecule has 0 radical (unpaired) electrons. The quantitative estimate of drug-likeness (QED) is 0.265. The monoisotopic (exact) mass is 415 g/mol. The third-order valence-corrected chi connectivity index (χ3v) is 4.88. The van der Waals surface area contributed by atoms with Crippen LogP contribution in [0.4, 0.5) is 11.6 Å². The highest BCUT2D eigenvalue weighted by atomic mass is 16.5. The van der Waals surface area contributed by atoms with E-state index in [0.29, 0.717) is 6.54 Å². The second kappa shape index (κ2) is 12.6. The van der Waals surface area contributed by atoms with Crippen molar-refractivity contribution in [3.8, 4) is 0 Å². The van der Waals surface area contributed by atoms with E-state index in [1.54, 1.807) is 13.2 Å². The average Bonchev–Trinajstić information content (AvgIpc) is 3.21. The summed E-state index contributed by atoms with van der Waals surface area (Å²) in [6.45, 7) is 11.6. The molecular formula is C22H35N6O2+. The van der Waals surface area contributed by atoms with Crippen molar-refractivity contribution in [1.29, 1.82) is 0 Å². The van der Waals surface area contributed by atoms with Crippen molar-refractivity contribution in [3.05, 3.63) is 42.1 Å². The maximum absolute atomic E-state index is 8.56. The second-order valence-electron chi connectivity index (χ2n) is 7.05. The first-order chi connectivity index (χ1) is 14.6. The third-order valence-electron chi connectivity index (χ3n) is 4.88.